The van der Waals surface area contributed by atoms with Gasteiger partial charge in [0.1, 0.15) is 22.6 Å². The summed E-state index contributed by atoms with van der Waals surface area (Å²) in [7, 11) is -2.36. The number of aliphatic hydroxyl groups is 2. The van der Waals surface area contributed by atoms with E-state index >= 15 is 4.39 Å². The fraction of sp³-hybridized carbons (Fsp3) is 0.484. The largest absolute Gasteiger partial charge is 0.495 e. The van der Waals surface area contributed by atoms with Gasteiger partial charge >= 0.3 is 0 Å². The van der Waals surface area contributed by atoms with E-state index in [0.717, 1.165) is 39.4 Å². The molecule has 0 radical (unpaired) electrons. The number of β-amino-alcohol motifs (C(OH)–C–C–N with tert-alkyl or cyclic N) is 1. The first kappa shape index (κ1) is 31.5. The van der Waals surface area contributed by atoms with Crippen LogP contribution in [0, 0.1) is 23.6 Å². The molecule has 3 unspecified atom stereocenters. The summed E-state index contributed by atoms with van der Waals surface area (Å²) >= 11 is 1.57. The van der Waals surface area contributed by atoms with Crippen LogP contribution in [0.3, 0.4) is 0 Å². The maximum atomic E-state index is 15.2. The fourth-order valence-corrected chi connectivity index (χ4v) is 7.36. The number of nitrogens with one attached hydrogen (secondary N) is 2. The average Bonchev–Trinajstić information content (AvgIpc) is 3.72. The lowest BCUT2D eigenvalue weighted by Gasteiger charge is -2.36. The molecule has 0 amide bonds. The number of nitrogens with zero attached hydrogens (tertiary/aromatic N) is 1. The molecule has 0 bridgehead atoms. The van der Waals surface area contributed by atoms with Crippen molar-refractivity contribution in [2.75, 3.05) is 56.8 Å². The lowest BCUT2D eigenvalue weighted by Crippen LogP contribution is -2.50. The fourth-order valence-electron chi connectivity index (χ4n) is 5.44. The Morgan fingerprint density at radius 1 is 1.23 bits per heavy atom. The van der Waals surface area contributed by atoms with Crippen molar-refractivity contribution < 1.29 is 32.1 Å². The summed E-state index contributed by atoms with van der Waals surface area (Å²) in [5.74, 6) is 6.38. The van der Waals surface area contributed by atoms with Gasteiger partial charge in [-0.2, -0.15) is 0 Å². The van der Waals surface area contributed by atoms with Crippen LogP contribution in [0.5, 0.6) is 5.75 Å². The highest BCUT2D eigenvalue weighted by Gasteiger charge is 2.31. The molecule has 0 spiro atoms. The number of methoxy groups -OCH3 is 1. The third kappa shape index (κ3) is 7.59. The molecule has 43 heavy (non-hydrogen) atoms. The summed E-state index contributed by atoms with van der Waals surface area (Å²) in [6, 6.07) is 7.93. The number of sulfone groups is 1. The lowest BCUT2D eigenvalue weighted by atomic mass is 10.0. The quantitative estimate of drug-likeness (QED) is 0.234. The number of likely N-dealkylation sites (tertiary alicyclic amines) is 1. The van der Waals surface area contributed by atoms with E-state index < -0.39 is 32.8 Å². The molecule has 1 saturated heterocycles. The molecule has 2 fully saturated rings. The van der Waals surface area contributed by atoms with E-state index in [-0.39, 0.29) is 38.0 Å². The second-order valence-corrected chi connectivity index (χ2v) is 14.3. The molecule has 1 aliphatic heterocycles. The normalized spacial score (nSPS) is 20.0. The van der Waals surface area contributed by atoms with Crippen molar-refractivity contribution in [1.82, 2.24) is 4.90 Å². The monoisotopic (exact) mass is 633 g/mol. The van der Waals surface area contributed by atoms with E-state index in [0.29, 0.717) is 24.6 Å². The Kier molecular flexibility index (Phi) is 9.78. The first-order valence-electron chi connectivity index (χ1n) is 14.3. The highest BCUT2D eigenvalue weighted by Crippen LogP contribution is 2.42. The number of ether oxygens (including phenoxy) is 1. The number of piperidine rings is 1. The Morgan fingerprint density at radius 3 is 2.70 bits per heavy atom. The van der Waals surface area contributed by atoms with Crippen molar-refractivity contribution in [2.24, 2.45) is 5.92 Å². The smallest absolute Gasteiger partial charge is 0.178 e. The Morgan fingerprint density at radius 2 is 2.02 bits per heavy atom. The van der Waals surface area contributed by atoms with Crippen LogP contribution in [-0.4, -0.2) is 88.0 Å². The van der Waals surface area contributed by atoms with Crippen LogP contribution in [0.25, 0.3) is 10.1 Å². The number of hydrogen-bond donors (Lipinski definition) is 4. The first-order valence-corrected chi connectivity index (χ1v) is 17.0. The summed E-state index contributed by atoms with van der Waals surface area (Å²) in [5, 5.41) is 26.4. The van der Waals surface area contributed by atoms with Crippen LogP contribution in [0.2, 0.25) is 0 Å². The highest BCUT2D eigenvalue weighted by atomic mass is 32.2. The van der Waals surface area contributed by atoms with Crippen LogP contribution in [0.1, 0.15) is 29.7 Å². The van der Waals surface area contributed by atoms with Crippen molar-refractivity contribution in [3.05, 3.63) is 46.6 Å². The zero-order valence-electron chi connectivity index (χ0n) is 24.2. The molecule has 3 atom stereocenters. The maximum absolute atomic E-state index is 15.2. The number of hydrogen-bond acceptors (Lipinski definition) is 9. The number of anilines is 2. The molecular weight excluding hydrogens is 596 g/mol. The molecule has 8 nitrogen and oxygen atoms in total. The van der Waals surface area contributed by atoms with Gasteiger partial charge in [-0.25, -0.2) is 17.2 Å². The molecule has 3 aromatic rings. The topological polar surface area (TPSA) is 111 Å². The van der Waals surface area contributed by atoms with Gasteiger partial charge in [-0.3, -0.25) is 4.90 Å². The predicted octanol–water partition coefficient (Wildman–Crippen LogP) is 4.05. The van der Waals surface area contributed by atoms with Gasteiger partial charge in [0.25, 0.3) is 0 Å². The number of fused-ring (bicyclic) bond motifs is 1. The van der Waals surface area contributed by atoms with E-state index in [4.69, 9.17) is 9.84 Å². The molecule has 5 rings (SSSR count). The zero-order chi connectivity index (χ0) is 30.7. The second kappa shape index (κ2) is 13.4. The second-order valence-electron chi connectivity index (χ2n) is 11.3. The molecule has 2 aliphatic rings. The van der Waals surface area contributed by atoms with Crippen LogP contribution >= 0.6 is 11.3 Å². The van der Waals surface area contributed by atoms with E-state index in [1.807, 2.05) is 17.0 Å². The minimum absolute atomic E-state index is 0.184. The van der Waals surface area contributed by atoms with Crippen molar-refractivity contribution >= 4 is 42.6 Å². The van der Waals surface area contributed by atoms with Gasteiger partial charge in [-0.1, -0.05) is 24.0 Å². The van der Waals surface area contributed by atoms with Gasteiger partial charge in [0, 0.05) is 38.0 Å². The Balaban J connectivity index is 1.34. The van der Waals surface area contributed by atoms with E-state index in [9.17, 15) is 17.9 Å². The number of halogens is 2. The highest BCUT2D eigenvalue weighted by molar-refractivity contribution is 7.90. The number of alkyl halides is 1. The third-order valence-corrected chi connectivity index (χ3v) is 10.2. The Hall–Kier alpha value is -2.95. The Labute approximate surface area is 255 Å². The summed E-state index contributed by atoms with van der Waals surface area (Å²) in [5.41, 5.74) is 2.36. The average molecular weight is 634 g/mol. The van der Waals surface area contributed by atoms with Crippen LogP contribution in [-0.2, 0) is 16.3 Å². The summed E-state index contributed by atoms with van der Waals surface area (Å²) < 4.78 is 59.7. The molecule has 1 aliphatic carbocycles. The van der Waals surface area contributed by atoms with Crippen molar-refractivity contribution in [3.63, 3.8) is 0 Å². The van der Waals surface area contributed by atoms with Crippen LogP contribution < -0.4 is 15.4 Å². The molecule has 4 N–H and O–H groups in total. The van der Waals surface area contributed by atoms with Crippen LogP contribution in [0.15, 0.2) is 35.2 Å². The van der Waals surface area contributed by atoms with Gasteiger partial charge in [-0.05, 0) is 48.6 Å². The molecule has 232 valence electrons. The molecule has 1 aromatic heterocycles. The van der Waals surface area contributed by atoms with Gasteiger partial charge in [-0.15, -0.1) is 11.3 Å². The predicted molar refractivity (Wildman–Crippen MR) is 166 cm³/mol. The molecular formula is C31H37F2N3O5S2. The number of rotatable bonds is 11. The van der Waals surface area contributed by atoms with Crippen molar-refractivity contribution in [1.29, 1.82) is 0 Å². The Bertz CT molecular complexity index is 1630. The van der Waals surface area contributed by atoms with E-state index in [1.165, 1.54) is 31.6 Å². The standard InChI is InChI=1S/C31H37F2N3O5S2/c1-41-28-15-30(43(2,39)40)23(32)14-27(28)34-11-4-7-29-22(13-19-8-9-19)21-5-3-6-26(31(21)42-29)35-25-10-12-36(17-24(25)33)16-20(38)18-37/h3,5-6,14-15,19-20,24-25,34-35,37-38H,8-13,16-18H2,1-2H3. The number of thiophene rings is 1. The molecule has 2 aromatic carbocycles. The minimum atomic E-state index is -3.75. The molecule has 12 heteroatoms. The van der Waals surface area contributed by atoms with Crippen LogP contribution in [0.4, 0.5) is 20.2 Å². The van der Waals surface area contributed by atoms with Gasteiger partial charge < -0.3 is 25.6 Å². The number of benzene rings is 2. The maximum Gasteiger partial charge on any atom is 0.178 e. The van der Waals surface area contributed by atoms with Crippen molar-refractivity contribution in [2.45, 2.75) is 48.9 Å². The van der Waals surface area contributed by atoms with Gasteiger partial charge in [0.05, 0.1) is 53.4 Å². The van der Waals surface area contributed by atoms with E-state index in [1.54, 1.807) is 11.3 Å². The summed E-state index contributed by atoms with van der Waals surface area (Å²) in [6.45, 7) is 0.906. The zero-order valence-corrected chi connectivity index (χ0v) is 25.8. The molecule has 2 heterocycles. The van der Waals surface area contributed by atoms with Gasteiger partial charge in [0.15, 0.2) is 9.84 Å². The van der Waals surface area contributed by atoms with E-state index in [2.05, 4.69) is 28.5 Å². The number of aliphatic hydroxyl groups excluding tert-OH is 2. The SMILES string of the molecule is COc1cc(S(C)(=O)=O)c(F)cc1NCC#Cc1sc2c(NC3CCN(CC(O)CO)CC3F)cccc2c1CC1CC1. The summed E-state index contributed by atoms with van der Waals surface area (Å²) in [6.07, 6.45) is 2.81. The third-order valence-electron chi connectivity index (χ3n) is 7.88. The molecule has 1 saturated carbocycles. The first-order chi connectivity index (χ1) is 20.6. The van der Waals surface area contributed by atoms with Gasteiger partial charge in [0.2, 0.25) is 0 Å². The minimum Gasteiger partial charge on any atom is -0.495 e. The lowest BCUT2D eigenvalue weighted by molar-refractivity contribution is 0.0365. The summed E-state index contributed by atoms with van der Waals surface area (Å²) in [4.78, 5) is 2.35. The van der Waals surface area contributed by atoms with Crippen molar-refractivity contribution in [3.8, 4) is 17.6 Å².